The fourth-order valence-corrected chi connectivity index (χ4v) is 3.19. The first-order valence-electron chi connectivity index (χ1n) is 8.13. The molecular formula is C17H23N3O3. The number of benzene rings is 1. The van der Waals surface area contributed by atoms with Crippen LogP contribution >= 0.6 is 0 Å². The third-order valence-electron chi connectivity index (χ3n) is 4.52. The van der Waals surface area contributed by atoms with Crippen molar-refractivity contribution in [2.24, 2.45) is 5.92 Å². The Balaban J connectivity index is 1.60. The Morgan fingerprint density at radius 1 is 1.35 bits per heavy atom. The van der Waals surface area contributed by atoms with Gasteiger partial charge in [0.15, 0.2) is 0 Å². The van der Waals surface area contributed by atoms with Gasteiger partial charge in [-0.05, 0) is 43.7 Å². The summed E-state index contributed by atoms with van der Waals surface area (Å²) in [4.78, 5) is 26.3. The van der Waals surface area contributed by atoms with Crippen molar-refractivity contribution in [3.05, 3.63) is 24.3 Å². The van der Waals surface area contributed by atoms with Gasteiger partial charge < -0.3 is 20.3 Å². The maximum absolute atomic E-state index is 12.4. The zero-order valence-electron chi connectivity index (χ0n) is 13.4. The average molecular weight is 317 g/mol. The van der Waals surface area contributed by atoms with E-state index in [0.717, 1.165) is 37.4 Å². The third kappa shape index (κ3) is 3.64. The number of methoxy groups -OCH3 is 1. The fourth-order valence-electron chi connectivity index (χ4n) is 3.19. The first kappa shape index (κ1) is 15.8. The molecule has 0 saturated carbocycles. The molecule has 2 heterocycles. The van der Waals surface area contributed by atoms with Crippen LogP contribution in [0.15, 0.2) is 24.3 Å². The summed E-state index contributed by atoms with van der Waals surface area (Å²) in [6.45, 7) is 2.27. The largest absolute Gasteiger partial charge is 0.497 e. The summed E-state index contributed by atoms with van der Waals surface area (Å²) in [5.74, 6) is 0.464. The summed E-state index contributed by atoms with van der Waals surface area (Å²) >= 11 is 0. The number of rotatable bonds is 4. The number of piperidine rings is 1. The molecule has 2 fully saturated rings. The topological polar surface area (TPSA) is 70.7 Å². The SMILES string of the molecule is COc1ccc(N2CC(C(=O)N[C@H]3CCCNC3)CC2=O)cc1. The number of carbonyl (C=O) groups is 2. The predicted molar refractivity (Wildman–Crippen MR) is 87.5 cm³/mol. The molecule has 2 N–H and O–H groups in total. The second-order valence-electron chi connectivity index (χ2n) is 6.16. The molecule has 0 radical (unpaired) electrons. The summed E-state index contributed by atoms with van der Waals surface area (Å²) in [5.41, 5.74) is 0.811. The highest BCUT2D eigenvalue weighted by Gasteiger charge is 2.35. The lowest BCUT2D eigenvalue weighted by Gasteiger charge is -2.25. The molecule has 0 aliphatic carbocycles. The van der Waals surface area contributed by atoms with Gasteiger partial charge in [0.1, 0.15) is 5.75 Å². The van der Waals surface area contributed by atoms with Gasteiger partial charge in [0.2, 0.25) is 11.8 Å². The Labute approximate surface area is 136 Å². The van der Waals surface area contributed by atoms with E-state index in [0.29, 0.717) is 6.54 Å². The Morgan fingerprint density at radius 3 is 2.78 bits per heavy atom. The van der Waals surface area contributed by atoms with Crippen molar-refractivity contribution in [1.82, 2.24) is 10.6 Å². The Bertz CT molecular complexity index is 567. The van der Waals surface area contributed by atoms with Crippen LogP contribution in [0, 0.1) is 5.92 Å². The molecule has 1 aromatic rings. The summed E-state index contributed by atoms with van der Waals surface area (Å²) in [6.07, 6.45) is 2.35. The van der Waals surface area contributed by atoms with E-state index in [4.69, 9.17) is 4.74 Å². The number of hydrogen-bond donors (Lipinski definition) is 2. The van der Waals surface area contributed by atoms with Crippen LogP contribution in [-0.2, 0) is 9.59 Å². The zero-order chi connectivity index (χ0) is 16.2. The van der Waals surface area contributed by atoms with Crippen LogP contribution in [0.5, 0.6) is 5.75 Å². The van der Waals surface area contributed by atoms with Gasteiger partial charge in [-0.2, -0.15) is 0 Å². The van der Waals surface area contributed by atoms with Gasteiger partial charge in [0.25, 0.3) is 0 Å². The maximum Gasteiger partial charge on any atom is 0.227 e. The molecule has 124 valence electrons. The molecule has 0 spiro atoms. The Kier molecular flexibility index (Phi) is 4.81. The van der Waals surface area contributed by atoms with Gasteiger partial charge >= 0.3 is 0 Å². The van der Waals surface area contributed by atoms with Gasteiger partial charge in [-0.15, -0.1) is 0 Å². The summed E-state index contributed by atoms with van der Waals surface area (Å²) in [7, 11) is 1.61. The van der Waals surface area contributed by atoms with Gasteiger partial charge in [-0.3, -0.25) is 9.59 Å². The minimum atomic E-state index is -0.272. The second-order valence-corrected chi connectivity index (χ2v) is 6.16. The summed E-state index contributed by atoms with van der Waals surface area (Å²) < 4.78 is 5.13. The van der Waals surface area contributed by atoms with Gasteiger partial charge in [0.05, 0.1) is 13.0 Å². The molecule has 2 aliphatic heterocycles. The second kappa shape index (κ2) is 7.00. The fraction of sp³-hybridized carbons (Fsp3) is 0.529. The molecule has 2 aliphatic rings. The lowest BCUT2D eigenvalue weighted by Crippen LogP contribution is -2.47. The zero-order valence-corrected chi connectivity index (χ0v) is 13.4. The first-order chi connectivity index (χ1) is 11.2. The van der Waals surface area contributed by atoms with Crippen molar-refractivity contribution in [3.8, 4) is 5.75 Å². The van der Waals surface area contributed by atoms with Crippen molar-refractivity contribution in [2.75, 3.05) is 31.6 Å². The van der Waals surface area contributed by atoms with Crippen molar-refractivity contribution in [1.29, 1.82) is 0 Å². The van der Waals surface area contributed by atoms with Crippen LogP contribution in [-0.4, -0.2) is 44.6 Å². The highest BCUT2D eigenvalue weighted by atomic mass is 16.5. The quantitative estimate of drug-likeness (QED) is 0.866. The van der Waals surface area contributed by atoms with E-state index in [2.05, 4.69) is 10.6 Å². The minimum Gasteiger partial charge on any atom is -0.497 e. The van der Waals surface area contributed by atoms with E-state index in [9.17, 15) is 9.59 Å². The van der Waals surface area contributed by atoms with Crippen LogP contribution in [0.4, 0.5) is 5.69 Å². The molecule has 0 aromatic heterocycles. The summed E-state index contributed by atoms with van der Waals surface area (Å²) in [5, 5.41) is 6.35. The number of amides is 2. The lowest BCUT2D eigenvalue weighted by molar-refractivity contribution is -0.127. The number of ether oxygens (including phenoxy) is 1. The molecule has 1 unspecified atom stereocenters. The molecule has 3 rings (SSSR count). The average Bonchev–Trinajstić information content (AvgIpc) is 2.98. The Morgan fingerprint density at radius 2 is 2.13 bits per heavy atom. The molecule has 23 heavy (non-hydrogen) atoms. The van der Waals surface area contributed by atoms with Crippen molar-refractivity contribution < 1.29 is 14.3 Å². The normalized spacial score (nSPS) is 24.6. The van der Waals surface area contributed by atoms with E-state index in [1.165, 1.54) is 0 Å². The van der Waals surface area contributed by atoms with Gasteiger partial charge in [-0.1, -0.05) is 0 Å². The van der Waals surface area contributed by atoms with Crippen LogP contribution in [0.3, 0.4) is 0 Å². The number of nitrogens with zero attached hydrogens (tertiary/aromatic N) is 1. The van der Waals surface area contributed by atoms with E-state index >= 15 is 0 Å². The van der Waals surface area contributed by atoms with E-state index in [1.807, 2.05) is 24.3 Å². The van der Waals surface area contributed by atoms with Crippen LogP contribution < -0.4 is 20.3 Å². The van der Waals surface area contributed by atoms with Crippen molar-refractivity contribution in [2.45, 2.75) is 25.3 Å². The lowest BCUT2D eigenvalue weighted by atomic mass is 10.0. The molecule has 0 bridgehead atoms. The maximum atomic E-state index is 12.4. The highest BCUT2D eigenvalue weighted by Crippen LogP contribution is 2.27. The van der Waals surface area contributed by atoms with E-state index < -0.39 is 0 Å². The number of hydrogen-bond acceptors (Lipinski definition) is 4. The highest BCUT2D eigenvalue weighted by molar-refractivity contribution is 6.00. The molecule has 6 nitrogen and oxygen atoms in total. The Hall–Kier alpha value is -2.08. The number of anilines is 1. The van der Waals surface area contributed by atoms with Crippen LogP contribution in [0.2, 0.25) is 0 Å². The van der Waals surface area contributed by atoms with Gasteiger partial charge in [0, 0.05) is 31.2 Å². The van der Waals surface area contributed by atoms with Crippen molar-refractivity contribution >= 4 is 17.5 Å². The van der Waals surface area contributed by atoms with Crippen LogP contribution in [0.1, 0.15) is 19.3 Å². The van der Waals surface area contributed by atoms with Gasteiger partial charge in [-0.25, -0.2) is 0 Å². The summed E-state index contributed by atoms with van der Waals surface area (Å²) in [6, 6.07) is 7.53. The molecule has 2 amide bonds. The monoisotopic (exact) mass is 317 g/mol. The van der Waals surface area contributed by atoms with Crippen molar-refractivity contribution in [3.63, 3.8) is 0 Å². The molecule has 2 saturated heterocycles. The minimum absolute atomic E-state index is 0.00270. The number of nitrogens with one attached hydrogen (secondary N) is 2. The number of carbonyl (C=O) groups excluding carboxylic acids is 2. The van der Waals surface area contributed by atoms with E-state index in [1.54, 1.807) is 12.0 Å². The van der Waals surface area contributed by atoms with Crippen LogP contribution in [0.25, 0.3) is 0 Å². The molecule has 6 heteroatoms. The molecular weight excluding hydrogens is 294 g/mol. The molecule has 2 atom stereocenters. The first-order valence-corrected chi connectivity index (χ1v) is 8.13. The third-order valence-corrected chi connectivity index (χ3v) is 4.52. The predicted octanol–water partition coefficient (Wildman–Crippen LogP) is 0.916. The van der Waals surface area contributed by atoms with E-state index in [-0.39, 0.29) is 30.2 Å². The smallest absolute Gasteiger partial charge is 0.227 e. The standard InChI is InChI=1S/C17H23N3O3/c1-23-15-6-4-14(5-7-15)20-11-12(9-16(20)21)17(22)19-13-3-2-8-18-10-13/h4-7,12-13,18H,2-3,8-11H2,1H3,(H,19,22)/t12?,13-/m0/s1. The molecule has 1 aromatic carbocycles.